The fourth-order valence-electron chi connectivity index (χ4n) is 1.76. The summed E-state index contributed by atoms with van der Waals surface area (Å²) in [5, 5.41) is 38.5. The molecule has 0 aromatic heterocycles. The first-order valence-corrected chi connectivity index (χ1v) is 4.84. The molecule has 7 heteroatoms. The minimum Gasteiger partial charge on any atom is -0.507 e. The van der Waals surface area contributed by atoms with E-state index in [0.29, 0.717) is 0 Å². The lowest BCUT2D eigenvalue weighted by atomic mass is 9.88. The molecule has 1 aliphatic carbocycles. The Balaban J connectivity index is 3.01. The second-order valence-electron chi connectivity index (χ2n) is 3.84. The van der Waals surface area contributed by atoms with Gasteiger partial charge in [0.25, 0.3) is 5.78 Å². The summed E-state index contributed by atoms with van der Waals surface area (Å²) >= 11 is 0. The molecule has 0 fully saturated rings. The minimum absolute atomic E-state index is 0.180. The van der Waals surface area contributed by atoms with Crippen LogP contribution in [0.5, 0.6) is 17.2 Å². The molecule has 0 bridgehead atoms. The molecule has 0 amide bonds. The van der Waals surface area contributed by atoms with Gasteiger partial charge < -0.3 is 26.2 Å². The Morgan fingerprint density at radius 1 is 0.833 bits per heavy atom. The number of hydrogen-bond donors (Lipinski definition) is 5. The summed E-state index contributed by atoms with van der Waals surface area (Å²) in [5.41, 5.74) is 3.18. The number of allylic oxidation sites excluding steroid dienone is 1. The van der Waals surface area contributed by atoms with Crippen LogP contribution in [0.15, 0.2) is 5.70 Å². The highest BCUT2D eigenvalue weighted by Crippen LogP contribution is 2.46. The normalized spacial score (nSPS) is 14.9. The molecular formula is C11H9NO6. The fraction of sp³-hybridized carbons (Fsp3) is 0.0909. The lowest BCUT2D eigenvalue weighted by molar-refractivity contribution is -0.112. The molecule has 18 heavy (non-hydrogen) atoms. The van der Waals surface area contributed by atoms with Crippen LogP contribution in [0.25, 0.3) is 5.76 Å². The van der Waals surface area contributed by atoms with Crippen molar-refractivity contribution in [3.8, 4) is 17.2 Å². The van der Waals surface area contributed by atoms with Crippen LogP contribution >= 0.6 is 0 Å². The summed E-state index contributed by atoms with van der Waals surface area (Å²) in [6, 6.07) is 0. The van der Waals surface area contributed by atoms with Gasteiger partial charge in [-0.3, -0.25) is 9.59 Å². The van der Waals surface area contributed by atoms with E-state index in [1.807, 2.05) is 0 Å². The highest BCUT2D eigenvalue weighted by atomic mass is 16.3. The number of rotatable bonds is 0. The van der Waals surface area contributed by atoms with Gasteiger partial charge in [0.15, 0.2) is 17.3 Å². The van der Waals surface area contributed by atoms with E-state index in [2.05, 4.69) is 0 Å². The molecule has 6 N–H and O–H groups in total. The van der Waals surface area contributed by atoms with Crippen LogP contribution in [0.4, 0.5) is 0 Å². The first kappa shape index (κ1) is 11.8. The monoisotopic (exact) mass is 251 g/mol. The largest absolute Gasteiger partial charge is 0.507 e. The molecule has 0 radical (unpaired) electrons. The predicted molar refractivity (Wildman–Crippen MR) is 59.2 cm³/mol. The fourth-order valence-corrected chi connectivity index (χ4v) is 1.76. The average molecular weight is 251 g/mol. The Morgan fingerprint density at radius 2 is 1.39 bits per heavy atom. The van der Waals surface area contributed by atoms with Gasteiger partial charge >= 0.3 is 0 Å². The number of carbonyl (C=O) groups excluding carboxylic acids is 2. The number of carbonyl (C=O) groups is 2. The molecular weight excluding hydrogens is 242 g/mol. The van der Waals surface area contributed by atoms with E-state index >= 15 is 0 Å². The molecule has 0 saturated carbocycles. The van der Waals surface area contributed by atoms with Gasteiger partial charge in [0.05, 0.1) is 11.1 Å². The Labute approximate surface area is 100 Å². The number of aliphatic hydroxyl groups is 1. The van der Waals surface area contributed by atoms with Crippen molar-refractivity contribution in [2.24, 2.45) is 5.73 Å². The van der Waals surface area contributed by atoms with Crippen molar-refractivity contribution < 1.29 is 30.0 Å². The highest BCUT2D eigenvalue weighted by Gasteiger charge is 2.38. The van der Waals surface area contributed by atoms with E-state index in [0.717, 1.165) is 0 Å². The number of aliphatic hydroxyl groups excluding tert-OH is 1. The first-order valence-electron chi connectivity index (χ1n) is 4.84. The summed E-state index contributed by atoms with van der Waals surface area (Å²) in [6.45, 7) is 1.24. The Hall–Kier alpha value is -2.70. The molecule has 0 atom stereocenters. The van der Waals surface area contributed by atoms with Crippen molar-refractivity contribution in [1.29, 1.82) is 0 Å². The van der Waals surface area contributed by atoms with Crippen molar-refractivity contribution in [3.05, 3.63) is 22.4 Å². The highest BCUT2D eigenvalue weighted by molar-refractivity contribution is 6.52. The van der Waals surface area contributed by atoms with Gasteiger partial charge in [-0.15, -0.1) is 0 Å². The molecule has 1 aromatic rings. The quantitative estimate of drug-likeness (QED) is 0.249. The van der Waals surface area contributed by atoms with Crippen molar-refractivity contribution in [1.82, 2.24) is 0 Å². The van der Waals surface area contributed by atoms with Gasteiger partial charge in [0.2, 0.25) is 5.78 Å². The summed E-state index contributed by atoms with van der Waals surface area (Å²) in [6.07, 6.45) is 0. The second-order valence-corrected chi connectivity index (χ2v) is 3.84. The van der Waals surface area contributed by atoms with E-state index < -0.39 is 51.4 Å². The van der Waals surface area contributed by atoms with Crippen molar-refractivity contribution in [2.75, 3.05) is 0 Å². The first-order chi connectivity index (χ1) is 8.29. The van der Waals surface area contributed by atoms with Crippen LogP contribution in [-0.4, -0.2) is 32.0 Å². The molecule has 94 valence electrons. The maximum absolute atomic E-state index is 11.7. The molecule has 1 aromatic carbocycles. The van der Waals surface area contributed by atoms with Gasteiger partial charge in [-0.2, -0.15) is 0 Å². The number of nitrogens with two attached hydrogens (primary N) is 1. The van der Waals surface area contributed by atoms with Crippen LogP contribution in [0.2, 0.25) is 0 Å². The zero-order valence-electron chi connectivity index (χ0n) is 9.18. The Kier molecular flexibility index (Phi) is 2.22. The van der Waals surface area contributed by atoms with Gasteiger partial charge in [-0.05, 0) is 6.92 Å². The number of fused-ring (bicyclic) bond motifs is 1. The van der Waals surface area contributed by atoms with E-state index in [-0.39, 0.29) is 5.56 Å². The van der Waals surface area contributed by atoms with Gasteiger partial charge in [-0.1, -0.05) is 0 Å². The third-order valence-corrected chi connectivity index (χ3v) is 2.83. The number of aromatic hydroxyl groups is 3. The maximum atomic E-state index is 11.7. The zero-order valence-corrected chi connectivity index (χ0v) is 9.18. The van der Waals surface area contributed by atoms with Crippen LogP contribution < -0.4 is 5.73 Å². The van der Waals surface area contributed by atoms with Gasteiger partial charge in [0.1, 0.15) is 11.4 Å². The molecule has 7 nitrogen and oxygen atoms in total. The summed E-state index contributed by atoms with van der Waals surface area (Å²) in [7, 11) is 0. The topological polar surface area (TPSA) is 141 Å². The Bertz CT molecular complexity index is 644. The van der Waals surface area contributed by atoms with Crippen LogP contribution in [0.1, 0.15) is 21.5 Å². The molecule has 0 spiro atoms. The number of phenolic OH excluding ortho intramolecular Hbond substituents is 3. The molecule has 0 heterocycles. The summed E-state index contributed by atoms with van der Waals surface area (Å²) < 4.78 is 0. The lowest BCUT2D eigenvalue weighted by Gasteiger charge is -2.19. The number of ketones is 2. The molecule has 1 aliphatic rings. The third-order valence-electron chi connectivity index (χ3n) is 2.83. The second kappa shape index (κ2) is 3.39. The van der Waals surface area contributed by atoms with E-state index in [1.54, 1.807) is 0 Å². The van der Waals surface area contributed by atoms with Crippen LogP contribution in [0.3, 0.4) is 0 Å². The van der Waals surface area contributed by atoms with Gasteiger partial charge in [0, 0.05) is 5.56 Å². The average Bonchev–Trinajstić information content (AvgIpc) is 2.35. The number of Topliss-reactive ketones (excluding diaryl/α,β-unsaturated/α-hetero) is 2. The number of benzene rings is 1. The standard InChI is InChI=1S/C11H9NO6/c1-2-6(13)3-4(9(16)7(2)14)8(15)5(12)11(18)10(3)17/h13-16H,12H2,1H3. The zero-order chi connectivity index (χ0) is 13.8. The summed E-state index contributed by atoms with van der Waals surface area (Å²) in [4.78, 5) is 23.1. The van der Waals surface area contributed by atoms with Crippen molar-refractivity contribution >= 4 is 17.3 Å². The third kappa shape index (κ3) is 1.18. The number of phenols is 3. The Morgan fingerprint density at radius 3 is 1.94 bits per heavy atom. The van der Waals surface area contributed by atoms with Gasteiger partial charge in [-0.25, -0.2) is 0 Å². The lowest BCUT2D eigenvalue weighted by Crippen LogP contribution is -2.28. The molecule has 2 rings (SSSR count). The maximum Gasteiger partial charge on any atom is 0.253 e. The molecule has 0 aliphatic heterocycles. The van der Waals surface area contributed by atoms with Crippen LogP contribution in [-0.2, 0) is 4.79 Å². The van der Waals surface area contributed by atoms with E-state index in [9.17, 15) is 30.0 Å². The SMILES string of the molecule is Cc1c(O)c(O)c2c(c1O)C(=O)C(=O)C(N)=C2O. The van der Waals surface area contributed by atoms with E-state index in [4.69, 9.17) is 5.73 Å². The van der Waals surface area contributed by atoms with E-state index in [1.165, 1.54) is 6.92 Å². The van der Waals surface area contributed by atoms with Crippen molar-refractivity contribution in [3.63, 3.8) is 0 Å². The molecule has 0 saturated heterocycles. The number of hydrogen-bond acceptors (Lipinski definition) is 7. The van der Waals surface area contributed by atoms with Crippen LogP contribution in [0, 0.1) is 6.92 Å². The summed E-state index contributed by atoms with van der Waals surface area (Å²) in [5.74, 6) is -5.39. The van der Waals surface area contributed by atoms with Crippen molar-refractivity contribution in [2.45, 2.75) is 6.92 Å². The molecule has 0 unspecified atom stereocenters. The smallest absolute Gasteiger partial charge is 0.253 e. The predicted octanol–water partition coefficient (Wildman–Crippen LogP) is 0.0625. The minimum atomic E-state index is -1.18.